The zero-order valence-corrected chi connectivity index (χ0v) is 14.3. The molecule has 1 saturated heterocycles. The second kappa shape index (κ2) is 7.26. The van der Waals surface area contributed by atoms with E-state index in [2.05, 4.69) is 9.88 Å². The van der Waals surface area contributed by atoms with Gasteiger partial charge in [-0.25, -0.2) is 4.39 Å². The van der Waals surface area contributed by atoms with Crippen LogP contribution in [-0.2, 0) is 11.3 Å². The van der Waals surface area contributed by atoms with Gasteiger partial charge in [-0.1, -0.05) is 19.9 Å². The lowest BCUT2D eigenvalue weighted by atomic mass is 10.1. The normalized spacial score (nSPS) is 16.6. The van der Waals surface area contributed by atoms with E-state index in [1.165, 1.54) is 6.07 Å². The van der Waals surface area contributed by atoms with E-state index in [1.807, 2.05) is 30.9 Å². The predicted molar refractivity (Wildman–Crippen MR) is 93.0 cm³/mol. The van der Waals surface area contributed by atoms with E-state index in [0.29, 0.717) is 6.54 Å². The van der Waals surface area contributed by atoms with Crippen LogP contribution in [0.15, 0.2) is 30.5 Å². The Kier molecular flexibility index (Phi) is 5.09. The molecule has 0 atom stereocenters. The van der Waals surface area contributed by atoms with Gasteiger partial charge in [-0.3, -0.25) is 14.7 Å². The van der Waals surface area contributed by atoms with E-state index >= 15 is 0 Å². The summed E-state index contributed by atoms with van der Waals surface area (Å²) in [6.45, 7) is 7.80. The highest BCUT2D eigenvalue weighted by Crippen LogP contribution is 2.20. The second-order valence-electron chi connectivity index (χ2n) is 6.75. The summed E-state index contributed by atoms with van der Waals surface area (Å²) in [5.41, 5.74) is 1.77. The number of amides is 1. The molecule has 0 radical (unpaired) electrons. The second-order valence-corrected chi connectivity index (χ2v) is 6.75. The Bertz CT molecular complexity index is 732. The molecule has 2 aromatic rings. The molecule has 128 valence electrons. The molecule has 1 amide bonds. The van der Waals surface area contributed by atoms with Gasteiger partial charge in [0.15, 0.2) is 0 Å². The number of carbonyl (C=O) groups is 1. The topological polar surface area (TPSA) is 36.4 Å². The Hall–Kier alpha value is -2.01. The first-order valence-corrected chi connectivity index (χ1v) is 8.59. The number of fused-ring (bicyclic) bond motifs is 1. The molecule has 1 aliphatic rings. The first kappa shape index (κ1) is 16.8. The molecule has 24 heavy (non-hydrogen) atoms. The van der Waals surface area contributed by atoms with Crippen molar-refractivity contribution >= 4 is 16.8 Å². The van der Waals surface area contributed by atoms with Crippen LogP contribution in [-0.4, -0.2) is 46.9 Å². The van der Waals surface area contributed by atoms with Crippen molar-refractivity contribution in [1.82, 2.24) is 14.8 Å². The number of nitrogens with zero attached hydrogens (tertiary/aromatic N) is 3. The molecular weight excluding hydrogens is 305 g/mol. The number of benzene rings is 1. The van der Waals surface area contributed by atoms with Gasteiger partial charge in [-0.2, -0.15) is 0 Å². The van der Waals surface area contributed by atoms with Gasteiger partial charge in [0.1, 0.15) is 5.82 Å². The van der Waals surface area contributed by atoms with Crippen molar-refractivity contribution in [3.63, 3.8) is 0 Å². The number of halogens is 1. The number of carbonyl (C=O) groups excluding carboxylic acids is 1. The predicted octanol–water partition coefficient (Wildman–Crippen LogP) is 3.06. The van der Waals surface area contributed by atoms with Crippen molar-refractivity contribution in [1.29, 1.82) is 0 Å². The lowest BCUT2D eigenvalue weighted by Gasteiger charge is -2.23. The Morgan fingerprint density at radius 2 is 2.08 bits per heavy atom. The molecule has 1 fully saturated rings. The van der Waals surface area contributed by atoms with Gasteiger partial charge in [0, 0.05) is 50.2 Å². The van der Waals surface area contributed by atoms with Crippen molar-refractivity contribution in [2.75, 3.05) is 26.2 Å². The van der Waals surface area contributed by atoms with Gasteiger partial charge in [-0.05, 0) is 30.2 Å². The van der Waals surface area contributed by atoms with Gasteiger partial charge in [0.25, 0.3) is 0 Å². The van der Waals surface area contributed by atoms with Crippen LogP contribution in [0.2, 0.25) is 0 Å². The number of aromatic nitrogens is 1. The third-order valence-corrected chi connectivity index (χ3v) is 4.54. The summed E-state index contributed by atoms with van der Waals surface area (Å²) in [5.74, 6) is 0.0274. The first-order valence-electron chi connectivity index (χ1n) is 8.59. The van der Waals surface area contributed by atoms with Crippen molar-refractivity contribution in [2.45, 2.75) is 26.8 Å². The van der Waals surface area contributed by atoms with Crippen LogP contribution >= 0.6 is 0 Å². The lowest BCUT2D eigenvalue weighted by Crippen LogP contribution is -2.37. The van der Waals surface area contributed by atoms with Crippen molar-refractivity contribution in [3.8, 4) is 0 Å². The largest absolute Gasteiger partial charge is 0.341 e. The summed E-state index contributed by atoms with van der Waals surface area (Å²) in [5, 5.41) is 0.832. The molecule has 3 rings (SSSR count). The maximum absolute atomic E-state index is 13.9. The molecule has 0 unspecified atom stereocenters. The molecule has 2 heterocycles. The SMILES string of the molecule is CC(C)C(=O)N1CCCN(Cc2cc(F)cc3cccnc23)CC1. The highest BCUT2D eigenvalue weighted by molar-refractivity contribution is 5.81. The molecule has 1 aromatic heterocycles. The maximum atomic E-state index is 13.9. The van der Waals surface area contributed by atoms with Crippen LogP contribution in [0.4, 0.5) is 4.39 Å². The van der Waals surface area contributed by atoms with Crippen LogP contribution < -0.4 is 0 Å². The van der Waals surface area contributed by atoms with Crippen molar-refractivity contribution < 1.29 is 9.18 Å². The van der Waals surface area contributed by atoms with Crippen LogP contribution in [0.5, 0.6) is 0 Å². The van der Waals surface area contributed by atoms with Gasteiger partial charge < -0.3 is 4.90 Å². The molecule has 0 aliphatic carbocycles. The smallest absolute Gasteiger partial charge is 0.225 e. The number of pyridine rings is 1. The van der Waals surface area contributed by atoms with Crippen LogP contribution in [0, 0.1) is 11.7 Å². The fraction of sp³-hybridized carbons (Fsp3) is 0.474. The summed E-state index contributed by atoms with van der Waals surface area (Å²) in [7, 11) is 0. The summed E-state index contributed by atoms with van der Waals surface area (Å²) < 4.78 is 13.9. The Morgan fingerprint density at radius 1 is 1.25 bits per heavy atom. The summed E-state index contributed by atoms with van der Waals surface area (Å²) in [4.78, 5) is 20.8. The molecule has 0 bridgehead atoms. The van der Waals surface area contributed by atoms with Crippen LogP contribution in [0.1, 0.15) is 25.8 Å². The number of rotatable bonds is 3. The van der Waals surface area contributed by atoms with Gasteiger partial charge in [0.05, 0.1) is 5.52 Å². The third-order valence-electron chi connectivity index (χ3n) is 4.54. The van der Waals surface area contributed by atoms with E-state index in [-0.39, 0.29) is 17.6 Å². The minimum Gasteiger partial charge on any atom is -0.341 e. The minimum absolute atomic E-state index is 0.0351. The monoisotopic (exact) mass is 329 g/mol. The molecular formula is C19H24FN3O. The molecule has 5 heteroatoms. The zero-order valence-electron chi connectivity index (χ0n) is 14.3. The fourth-order valence-electron chi connectivity index (χ4n) is 3.30. The average molecular weight is 329 g/mol. The van der Waals surface area contributed by atoms with E-state index in [1.54, 1.807) is 12.3 Å². The quantitative estimate of drug-likeness (QED) is 0.868. The molecule has 4 nitrogen and oxygen atoms in total. The minimum atomic E-state index is -0.225. The molecule has 0 spiro atoms. The lowest BCUT2D eigenvalue weighted by molar-refractivity contribution is -0.134. The Labute approximate surface area is 142 Å². The Morgan fingerprint density at radius 3 is 2.88 bits per heavy atom. The van der Waals surface area contributed by atoms with E-state index < -0.39 is 0 Å². The van der Waals surface area contributed by atoms with E-state index in [4.69, 9.17) is 0 Å². The van der Waals surface area contributed by atoms with Crippen LogP contribution in [0.3, 0.4) is 0 Å². The highest BCUT2D eigenvalue weighted by atomic mass is 19.1. The Balaban J connectivity index is 1.74. The van der Waals surface area contributed by atoms with Gasteiger partial charge in [0.2, 0.25) is 5.91 Å². The highest BCUT2D eigenvalue weighted by Gasteiger charge is 2.21. The third kappa shape index (κ3) is 3.73. The fourth-order valence-corrected chi connectivity index (χ4v) is 3.30. The van der Waals surface area contributed by atoms with Gasteiger partial charge in [-0.15, -0.1) is 0 Å². The average Bonchev–Trinajstić information content (AvgIpc) is 2.79. The van der Waals surface area contributed by atoms with Crippen LogP contribution in [0.25, 0.3) is 10.9 Å². The summed E-state index contributed by atoms with van der Waals surface area (Å²) in [6, 6.07) is 6.82. The van der Waals surface area contributed by atoms with Gasteiger partial charge >= 0.3 is 0 Å². The summed E-state index contributed by atoms with van der Waals surface area (Å²) in [6.07, 6.45) is 2.69. The molecule has 0 saturated carbocycles. The zero-order chi connectivity index (χ0) is 17.1. The maximum Gasteiger partial charge on any atom is 0.225 e. The molecule has 1 aromatic carbocycles. The standard InChI is InChI=1S/C19H24FN3O/c1-14(2)19(24)23-8-4-7-22(9-10-23)13-16-12-17(20)11-15-5-3-6-21-18(15)16/h3,5-6,11-12,14H,4,7-10,13H2,1-2H3. The van der Waals surface area contributed by atoms with E-state index in [0.717, 1.165) is 49.1 Å². The van der Waals surface area contributed by atoms with Crippen molar-refractivity contribution in [3.05, 3.63) is 41.8 Å². The molecule has 0 N–H and O–H groups in total. The molecule has 1 aliphatic heterocycles. The summed E-state index contributed by atoms with van der Waals surface area (Å²) >= 11 is 0. The number of hydrogen-bond acceptors (Lipinski definition) is 3. The first-order chi connectivity index (χ1) is 11.5. The van der Waals surface area contributed by atoms with Crippen molar-refractivity contribution in [2.24, 2.45) is 5.92 Å². The van der Waals surface area contributed by atoms with E-state index in [9.17, 15) is 9.18 Å². The number of hydrogen-bond donors (Lipinski definition) is 0.